The average molecular weight is 275 g/mol. The molecule has 0 aliphatic rings. The quantitative estimate of drug-likeness (QED) is 0.898. The van der Waals surface area contributed by atoms with Crippen LogP contribution in [0.2, 0.25) is 0 Å². The van der Waals surface area contributed by atoms with Crippen LogP contribution < -0.4 is 5.73 Å². The van der Waals surface area contributed by atoms with Crippen LogP contribution in [0.5, 0.6) is 0 Å². The Kier molecular flexibility index (Phi) is 4.19. The minimum atomic E-state index is -0.834. The van der Waals surface area contributed by atoms with E-state index in [4.69, 9.17) is 5.73 Å². The Hall–Kier alpha value is -1.74. The van der Waals surface area contributed by atoms with Crippen molar-refractivity contribution in [2.24, 2.45) is 5.73 Å². The Balaban J connectivity index is 2.27. The second-order valence-corrected chi connectivity index (χ2v) is 5.36. The van der Waals surface area contributed by atoms with Crippen molar-refractivity contribution in [3.63, 3.8) is 0 Å². The van der Waals surface area contributed by atoms with Crippen LogP contribution >= 0.6 is 0 Å². The average Bonchev–Trinajstić information content (AvgIpc) is 2.44. The van der Waals surface area contributed by atoms with E-state index < -0.39 is 17.2 Å². The lowest BCUT2D eigenvalue weighted by Gasteiger charge is -2.26. The summed E-state index contributed by atoms with van der Waals surface area (Å²) in [7, 11) is 0. The molecule has 0 aromatic heterocycles. The number of aryl methyl sites for hydroxylation is 1. The van der Waals surface area contributed by atoms with Gasteiger partial charge in [-0.25, -0.2) is 8.78 Å². The molecular formula is C17H19F2N. The third-order valence-corrected chi connectivity index (χ3v) is 3.61. The molecule has 2 rings (SSSR count). The molecule has 1 nitrogen and oxygen atoms in total. The Morgan fingerprint density at radius 1 is 1.05 bits per heavy atom. The largest absolute Gasteiger partial charge is 0.321 e. The molecule has 2 N–H and O–H groups in total. The SMILES string of the molecule is CCc1ccc(C(C)(N)Cc2cccc(F)c2F)cc1. The lowest BCUT2D eigenvalue weighted by atomic mass is 9.86. The van der Waals surface area contributed by atoms with Crippen LogP contribution in [0, 0.1) is 11.6 Å². The number of hydrogen-bond acceptors (Lipinski definition) is 1. The lowest BCUT2D eigenvalue weighted by Crippen LogP contribution is -2.35. The normalized spacial score (nSPS) is 14.1. The van der Waals surface area contributed by atoms with E-state index >= 15 is 0 Å². The van der Waals surface area contributed by atoms with E-state index in [1.54, 1.807) is 6.07 Å². The molecule has 0 radical (unpaired) electrons. The van der Waals surface area contributed by atoms with Gasteiger partial charge in [-0.3, -0.25) is 0 Å². The molecule has 1 atom stereocenters. The number of rotatable bonds is 4. The molecule has 0 amide bonds. The molecule has 0 aliphatic carbocycles. The van der Waals surface area contributed by atoms with Crippen molar-refractivity contribution in [2.75, 3.05) is 0 Å². The van der Waals surface area contributed by atoms with Gasteiger partial charge < -0.3 is 5.73 Å². The second kappa shape index (κ2) is 5.71. The van der Waals surface area contributed by atoms with E-state index in [-0.39, 0.29) is 6.42 Å². The molecule has 0 saturated carbocycles. The van der Waals surface area contributed by atoms with Crippen LogP contribution in [0.15, 0.2) is 42.5 Å². The molecule has 0 fully saturated rings. The van der Waals surface area contributed by atoms with Gasteiger partial charge in [0.05, 0.1) is 0 Å². The van der Waals surface area contributed by atoms with E-state index in [1.807, 2.05) is 31.2 Å². The highest BCUT2D eigenvalue weighted by atomic mass is 19.2. The maximum absolute atomic E-state index is 13.7. The molecular weight excluding hydrogens is 256 g/mol. The highest BCUT2D eigenvalue weighted by Crippen LogP contribution is 2.25. The Bertz CT molecular complexity index is 588. The van der Waals surface area contributed by atoms with Gasteiger partial charge in [-0.15, -0.1) is 0 Å². The van der Waals surface area contributed by atoms with Crippen LogP contribution in [0.3, 0.4) is 0 Å². The molecule has 0 spiro atoms. The van der Waals surface area contributed by atoms with Crippen molar-refractivity contribution >= 4 is 0 Å². The standard InChI is InChI=1S/C17H19F2N/c1-3-12-7-9-14(10-8-12)17(2,20)11-13-5-4-6-15(18)16(13)19/h4-10H,3,11,20H2,1-2H3. The van der Waals surface area contributed by atoms with Crippen molar-refractivity contribution in [3.05, 3.63) is 70.8 Å². The van der Waals surface area contributed by atoms with Crippen LogP contribution in [0.25, 0.3) is 0 Å². The van der Waals surface area contributed by atoms with Crippen LogP contribution in [-0.2, 0) is 18.4 Å². The molecule has 0 aliphatic heterocycles. The number of halogens is 2. The second-order valence-electron chi connectivity index (χ2n) is 5.36. The van der Waals surface area contributed by atoms with Crippen molar-refractivity contribution in [1.82, 2.24) is 0 Å². The molecule has 0 heterocycles. The van der Waals surface area contributed by atoms with E-state index in [9.17, 15) is 8.78 Å². The summed E-state index contributed by atoms with van der Waals surface area (Å²) in [5.41, 5.74) is 8.00. The van der Waals surface area contributed by atoms with Gasteiger partial charge in [-0.2, -0.15) is 0 Å². The maximum Gasteiger partial charge on any atom is 0.162 e. The van der Waals surface area contributed by atoms with Crippen LogP contribution in [0.1, 0.15) is 30.5 Å². The molecule has 3 heteroatoms. The number of nitrogens with two attached hydrogens (primary N) is 1. The summed E-state index contributed by atoms with van der Waals surface area (Å²) in [6.07, 6.45) is 1.21. The van der Waals surface area contributed by atoms with Gasteiger partial charge in [0.2, 0.25) is 0 Å². The summed E-state index contributed by atoms with van der Waals surface area (Å²) in [5.74, 6) is -1.64. The molecule has 2 aromatic rings. The molecule has 20 heavy (non-hydrogen) atoms. The zero-order valence-electron chi connectivity index (χ0n) is 11.8. The van der Waals surface area contributed by atoms with Crippen molar-refractivity contribution in [3.8, 4) is 0 Å². The fourth-order valence-corrected chi connectivity index (χ4v) is 2.30. The molecule has 0 saturated heterocycles. The summed E-state index contributed by atoms with van der Waals surface area (Å²) in [6.45, 7) is 3.91. The first-order valence-electron chi connectivity index (χ1n) is 6.75. The summed E-state index contributed by atoms with van der Waals surface area (Å²) in [4.78, 5) is 0. The third-order valence-electron chi connectivity index (χ3n) is 3.61. The summed E-state index contributed by atoms with van der Waals surface area (Å²) >= 11 is 0. The predicted octanol–water partition coefficient (Wildman–Crippen LogP) is 3.94. The number of benzene rings is 2. The maximum atomic E-state index is 13.7. The highest BCUT2D eigenvalue weighted by Gasteiger charge is 2.24. The summed E-state index contributed by atoms with van der Waals surface area (Å²) < 4.78 is 27.0. The van der Waals surface area contributed by atoms with Crippen molar-refractivity contribution in [2.45, 2.75) is 32.2 Å². The van der Waals surface area contributed by atoms with Gasteiger partial charge in [0, 0.05) is 5.54 Å². The smallest absolute Gasteiger partial charge is 0.162 e. The summed E-state index contributed by atoms with van der Waals surface area (Å²) in [5, 5.41) is 0. The van der Waals surface area contributed by atoms with E-state index in [2.05, 4.69) is 6.92 Å². The zero-order chi connectivity index (χ0) is 14.8. The molecule has 0 bridgehead atoms. The fourth-order valence-electron chi connectivity index (χ4n) is 2.30. The monoisotopic (exact) mass is 275 g/mol. The highest BCUT2D eigenvalue weighted by molar-refractivity contribution is 5.31. The molecule has 1 unspecified atom stereocenters. The van der Waals surface area contributed by atoms with E-state index in [1.165, 1.54) is 11.6 Å². The fraction of sp³-hybridized carbons (Fsp3) is 0.294. The topological polar surface area (TPSA) is 26.0 Å². The lowest BCUT2D eigenvalue weighted by molar-refractivity contribution is 0.453. The van der Waals surface area contributed by atoms with Crippen molar-refractivity contribution < 1.29 is 8.78 Å². The van der Waals surface area contributed by atoms with E-state index in [0.717, 1.165) is 18.1 Å². The Labute approximate surface area is 118 Å². The third kappa shape index (κ3) is 3.05. The predicted molar refractivity (Wildman–Crippen MR) is 77.4 cm³/mol. The van der Waals surface area contributed by atoms with E-state index in [0.29, 0.717) is 5.56 Å². The van der Waals surface area contributed by atoms with Crippen LogP contribution in [-0.4, -0.2) is 0 Å². The first-order valence-corrected chi connectivity index (χ1v) is 6.75. The zero-order valence-corrected chi connectivity index (χ0v) is 11.8. The van der Waals surface area contributed by atoms with Crippen molar-refractivity contribution in [1.29, 1.82) is 0 Å². The van der Waals surface area contributed by atoms with Gasteiger partial charge in [-0.05, 0) is 42.5 Å². The Morgan fingerprint density at radius 2 is 1.70 bits per heavy atom. The first kappa shape index (κ1) is 14.7. The van der Waals surface area contributed by atoms with Crippen LogP contribution in [0.4, 0.5) is 8.78 Å². The van der Waals surface area contributed by atoms with Gasteiger partial charge >= 0.3 is 0 Å². The van der Waals surface area contributed by atoms with Gasteiger partial charge in [0.1, 0.15) is 0 Å². The van der Waals surface area contributed by atoms with Gasteiger partial charge in [-0.1, -0.05) is 43.3 Å². The minimum absolute atomic E-state index is 0.252. The van der Waals surface area contributed by atoms with Gasteiger partial charge in [0.15, 0.2) is 11.6 Å². The Morgan fingerprint density at radius 3 is 2.30 bits per heavy atom. The summed E-state index contributed by atoms with van der Waals surface area (Å²) in [6, 6.07) is 12.1. The molecule has 2 aromatic carbocycles. The van der Waals surface area contributed by atoms with Gasteiger partial charge in [0.25, 0.3) is 0 Å². The minimum Gasteiger partial charge on any atom is -0.321 e. The first-order chi connectivity index (χ1) is 9.44. The number of hydrogen-bond donors (Lipinski definition) is 1. The molecule has 106 valence electrons.